The number of nitrogens with zero attached hydrogens (tertiary/aromatic N) is 1. The van der Waals surface area contributed by atoms with E-state index in [-0.39, 0.29) is 24.0 Å². The smallest absolute Gasteiger partial charge is 0.191 e. The van der Waals surface area contributed by atoms with E-state index in [9.17, 15) is 0 Å². The van der Waals surface area contributed by atoms with Crippen LogP contribution in [0, 0.1) is 5.41 Å². The van der Waals surface area contributed by atoms with Gasteiger partial charge in [-0.3, -0.25) is 4.99 Å². The molecular weight excluding hydrogens is 457 g/mol. The Morgan fingerprint density at radius 3 is 2.44 bits per heavy atom. The van der Waals surface area contributed by atoms with Crippen molar-refractivity contribution in [1.29, 1.82) is 0 Å². The van der Waals surface area contributed by atoms with Crippen LogP contribution in [0.3, 0.4) is 0 Å². The molecule has 0 amide bonds. The van der Waals surface area contributed by atoms with Gasteiger partial charge >= 0.3 is 0 Å². The molecule has 0 saturated heterocycles. The van der Waals surface area contributed by atoms with Crippen molar-refractivity contribution in [1.82, 2.24) is 10.6 Å². The molecule has 6 nitrogen and oxygen atoms in total. The fraction of sp³-hybridized carbons (Fsp3) is 0.650. The Morgan fingerprint density at radius 2 is 1.85 bits per heavy atom. The van der Waals surface area contributed by atoms with Crippen LogP contribution in [0.1, 0.15) is 37.7 Å². The summed E-state index contributed by atoms with van der Waals surface area (Å²) in [6.45, 7) is 2.38. The highest BCUT2D eigenvalue weighted by molar-refractivity contribution is 14.0. The second-order valence-electron chi connectivity index (χ2n) is 6.91. The number of methoxy groups -OCH3 is 3. The molecule has 1 fully saturated rings. The molecule has 1 aromatic carbocycles. The summed E-state index contributed by atoms with van der Waals surface area (Å²) < 4.78 is 16.0. The van der Waals surface area contributed by atoms with E-state index in [0.717, 1.165) is 42.6 Å². The Labute approximate surface area is 180 Å². The molecule has 0 unspecified atom stereocenters. The number of rotatable bonds is 9. The van der Waals surface area contributed by atoms with Gasteiger partial charge in [0, 0.05) is 45.5 Å². The zero-order chi connectivity index (χ0) is 18.8. The van der Waals surface area contributed by atoms with Crippen LogP contribution in [0.15, 0.2) is 23.2 Å². The zero-order valence-electron chi connectivity index (χ0n) is 17.0. The molecule has 1 saturated carbocycles. The van der Waals surface area contributed by atoms with Crippen molar-refractivity contribution >= 4 is 29.9 Å². The minimum Gasteiger partial charge on any atom is -0.497 e. The maximum Gasteiger partial charge on any atom is 0.191 e. The van der Waals surface area contributed by atoms with E-state index in [0.29, 0.717) is 12.0 Å². The molecular formula is C20H34IN3O3. The van der Waals surface area contributed by atoms with Crippen LogP contribution in [0.5, 0.6) is 11.5 Å². The van der Waals surface area contributed by atoms with Crippen LogP contribution in [0.25, 0.3) is 0 Å². The molecule has 0 spiro atoms. The highest BCUT2D eigenvalue weighted by atomic mass is 127. The lowest BCUT2D eigenvalue weighted by Gasteiger charge is -2.30. The van der Waals surface area contributed by atoms with Crippen molar-refractivity contribution in [2.75, 3.05) is 41.5 Å². The lowest BCUT2D eigenvalue weighted by Crippen LogP contribution is -2.43. The van der Waals surface area contributed by atoms with E-state index in [1.54, 1.807) is 28.4 Å². The summed E-state index contributed by atoms with van der Waals surface area (Å²) in [6, 6.07) is 5.84. The van der Waals surface area contributed by atoms with Gasteiger partial charge in [0.15, 0.2) is 5.96 Å². The average Bonchev–Trinajstić information content (AvgIpc) is 3.15. The third-order valence-corrected chi connectivity index (χ3v) is 5.30. The van der Waals surface area contributed by atoms with E-state index in [1.807, 2.05) is 18.2 Å². The molecule has 2 rings (SSSR count). The van der Waals surface area contributed by atoms with Gasteiger partial charge in [-0.15, -0.1) is 24.0 Å². The van der Waals surface area contributed by atoms with Gasteiger partial charge in [-0.05, 0) is 36.8 Å². The summed E-state index contributed by atoms with van der Waals surface area (Å²) in [5.41, 5.74) is 1.39. The van der Waals surface area contributed by atoms with E-state index in [2.05, 4.69) is 15.6 Å². The molecule has 0 radical (unpaired) electrons. The Kier molecular flexibility index (Phi) is 10.8. The normalized spacial score (nSPS) is 15.8. The molecule has 1 aliphatic carbocycles. The third kappa shape index (κ3) is 7.03. The lowest BCUT2D eigenvalue weighted by molar-refractivity contribution is 0.138. The number of hydrogen-bond acceptors (Lipinski definition) is 4. The molecule has 7 heteroatoms. The first-order chi connectivity index (χ1) is 12.7. The van der Waals surface area contributed by atoms with Crippen LogP contribution in [0.4, 0.5) is 0 Å². The SMILES string of the molecule is CN=C(NCc1ccc(OC)cc1OC)NCC1(CCOC)CCCC1.I. The second kappa shape index (κ2) is 12.3. The van der Waals surface area contributed by atoms with Crippen molar-refractivity contribution in [2.24, 2.45) is 10.4 Å². The lowest BCUT2D eigenvalue weighted by atomic mass is 9.83. The molecule has 27 heavy (non-hydrogen) atoms. The van der Waals surface area contributed by atoms with Gasteiger partial charge in [-0.25, -0.2) is 0 Å². The Hall–Kier alpha value is -1.22. The van der Waals surface area contributed by atoms with Crippen LogP contribution in [0.2, 0.25) is 0 Å². The predicted molar refractivity (Wildman–Crippen MR) is 121 cm³/mol. The van der Waals surface area contributed by atoms with Gasteiger partial charge in [0.05, 0.1) is 14.2 Å². The Bertz CT molecular complexity index is 590. The first-order valence-electron chi connectivity index (χ1n) is 9.31. The van der Waals surface area contributed by atoms with Crippen LogP contribution in [-0.4, -0.2) is 47.5 Å². The zero-order valence-corrected chi connectivity index (χ0v) is 19.3. The summed E-state index contributed by atoms with van der Waals surface area (Å²) in [4.78, 5) is 4.36. The van der Waals surface area contributed by atoms with Crippen molar-refractivity contribution in [3.8, 4) is 11.5 Å². The van der Waals surface area contributed by atoms with E-state index >= 15 is 0 Å². The number of benzene rings is 1. The maximum absolute atomic E-state index is 5.46. The molecule has 0 bridgehead atoms. The van der Waals surface area contributed by atoms with Crippen LogP contribution in [-0.2, 0) is 11.3 Å². The minimum absolute atomic E-state index is 0. The van der Waals surface area contributed by atoms with Crippen molar-refractivity contribution in [3.63, 3.8) is 0 Å². The van der Waals surface area contributed by atoms with Crippen molar-refractivity contribution in [2.45, 2.75) is 38.6 Å². The van der Waals surface area contributed by atoms with Crippen LogP contribution < -0.4 is 20.1 Å². The first kappa shape index (κ1) is 23.8. The van der Waals surface area contributed by atoms with Gasteiger partial charge in [0.1, 0.15) is 11.5 Å². The molecule has 0 heterocycles. The van der Waals surface area contributed by atoms with E-state index < -0.39 is 0 Å². The molecule has 0 aromatic heterocycles. The summed E-state index contributed by atoms with van der Waals surface area (Å²) in [5, 5.41) is 6.89. The fourth-order valence-corrected chi connectivity index (χ4v) is 3.63. The Morgan fingerprint density at radius 1 is 1.11 bits per heavy atom. The number of hydrogen-bond donors (Lipinski definition) is 2. The molecule has 1 aliphatic rings. The standard InChI is InChI=1S/C20H33N3O3.HI/c1-21-19(23-15-20(11-12-24-2)9-5-6-10-20)22-14-16-7-8-17(25-3)13-18(16)26-4;/h7-8,13H,5-6,9-12,14-15H2,1-4H3,(H2,21,22,23);1H. The third-order valence-electron chi connectivity index (χ3n) is 5.30. The molecule has 154 valence electrons. The van der Waals surface area contributed by atoms with Crippen molar-refractivity contribution < 1.29 is 14.2 Å². The molecule has 0 atom stereocenters. The summed E-state index contributed by atoms with van der Waals surface area (Å²) in [5.74, 6) is 2.40. The van der Waals surface area contributed by atoms with Gasteiger partial charge in [-0.2, -0.15) is 0 Å². The monoisotopic (exact) mass is 491 g/mol. The van der Waals surface area contributed by atoms with E-state index in [4.69, 9.17) is 14.2 Å². The predicted octanol–water partition coefficient (Wildman–Crippen LogP) is 3.58. The number of aliphatic imine (C=N–C) groups is 1. The summed E-state index contributed by atoms with van der Waals surface area (Å²) in [7, 11) is 6.90. The molecule has 0 aliphatic heterocycles. The van der Waals surface area contributed by atoms with E-state index in [1.165, 1.54) is 25.7 Å². The highest BCUT2D eigenvalue weighted by Gasteiger charge is 2.33. The highest BCUT2D eigenvalue weighted by Crippen LogP contribution is 2.40. The number of ether oxygens (including phenoxy) is 3. The largest absolute Gasteiger partial charge is 0.497 e. The fourth-order valence-electron chi connectivity index (χ4n) is 3.63. The molecule has 2 N–H and O–H groups in total. The van der Waals surface area contributed by atoms with Crippen LogP contribution >= 0.6 is 24.0 Å². The second-order valence-corrected chi connectivity index (χ2v) is 6.91. The summed E-state index contributed by atoms with van der Waals surface area (Å²) in [6.07, 6.45) is 6.22. The number of guanidine groups is 1. The van der Waals surface area contributed by atoms with Gasteiger partial charge < -0.3 is 24.8 Å². The topological polar surface area (TPSA) is 64.1 Å². The molecule has 1 aromatic rings. The number of nitrogens with one attached hydrogen (secondary N) is 2. The quantitative estimate of drug-likeness (QED) is 0.314. The minimum atomic E-state index is 0. The van der Waals surface area contributed by atoms with Gasteiger partial charge in [0.2, 0.25) is 0 Å². The Balaban J connectivity index is 0.00000364. The summed E-state index contributed by atoms with van der Waals surface area (Å²) >= 11 is 0. The average molecular weight is 491 g/mol. The first-order valence-corrected chi connectivity index (χ1v) is 9.31. The maximum atomic E-state index is 5.46. The number of halogens is 1. The van der Waals surface area contributed by atoms with Gasteiger partial charge in [0.25, 0.3) is 0 Å². The van der Waals surface area contributed by atoms with Gasteiger partial charge in [-0.1, -0.05) is 12.8 Å². The van der Waals surface area contributed by atoms with Crippen molar-refractivity contribution in [3.05, 3.63) is 23.8 Å².